The van der Waals surface area contributed by atoms with Gasteiger partial charge in [0.1, 0.15) is 0 Å². The first-order chi connectivity index (χ1) is 7.49. The van der Waals surface area contributed by atoms with Crippen LogP contribution in [0.25, 0.3) is 0 Å². The van der Waals surface area contributed by atoms with Gasteiger partial charge in [-0.15, -0.1) is 0 Å². The van der Waals surface area contributed by atoms with Crippen molar-refractivity contribution in [2.45, 2.75) is 19.8 Å². The molecular weight excluding hydrogens is 422 g/mol. The molecule has 0 aliphatic heterocycles. The van der Waals surface area contributed by atoms with Crippen molar-refractivity contribution in [3.63, 3.8) is 0 Å². The van der Waals surface area contributed by atoms with Gasteiger partial charge in [-0.25, -0.2) is 0 Å². The zero-order valence-electron chi connectivity index (χ0n) is 9.37. The average Bonchev–Trinajstić information content (AvgIpc) is 2.18. The molecule has 0 nitrogen and oxygen atoms in total. The van der Waals surface area contributed by atoms with Gasteiger partial charge in [-0.05, 0) is 68.3 Å². The summed E-state index contributed by atoms with van der Waals surface area (Å²) in [5.74, 6) is 0.489. The van der Waals surface area contributed by atoms with Crippen molar-refractivity contribution in [2.75, 3.05) is 0 Å². The molecular formula is C14H14I2. The molecule has 2 rings (SSSR count). The van der Waals surface area contributed by atoms with Crippen LogP contribution in [0.5, 0.6) is 0 Å². The van der Waals surface area contributed by atoms with Crippen LogP contribution in [0.4, 0.5) is 0 Å². The molecule has 1 aliphatic carbocycles. The fourth-order valence-corrected chi connectivity index (χ4v) is 3.51. The van der Waals surface area contributed by atoms with Crippen LogP contribution in [0.15, 0.2) is 46.1 Å². The number of benzene rings is 1. The Kier molecular flexibility index (Phi) is 3.79. The van der Waals surface area contributed by atoms with E-state index in [4.69, 9.17) is 0 Å². The van der Waals surface area contributed by atoms with Gasteiger partial charge in [0.15, 0.2) is 0 Å². The Bertz CT molecular complexity index is 438. The van der Waals surface area contributed by atoms with Crippen LogP contribution in [-0.4, -0.2) is 0 Å². The van der Waals surface area contributed by atoms with Crippen molar-refractivity contribution in [2.24, 2.45) is 5.41 Å². The van der Waals surface area contributed by atoms with E-state index in [1.165, 1.54) is 12.7 Å². The SMILES string of the molecule is CC1(C)C=C(I)C=CC1c1ccc(I)cc1. The second kappa shape index (κ2) is 4.80. The third-order valence-corrected chi connectivity index (χ3v) is 4.38. The van der Waals surface area contributed by atoms with Gasteiger partial charge >= 0.3 is 0 Å². The standard InChI is InChI=1S/C14H14I2/c1-14(2)9-12(16)7-8-13(14)10-3-5-11(15)6-4-10/h3-9,13H,1-2H3. The predicted molar refractivity (Wildman–Crippen MR) is 86.9 cm³/mol. The van der Waals surface area contributed by atoms with E-state index in [1.807, 2.05) is 0 Å². The highest BCUT2D eigenvalue weighted by Gasteiger charge is 2.29. The molecule has 16 heavy (non-hydrogen) atoms. The summed E-state index contributed by atoms with van der Waals surface area (Å²) < 4.78 is 2.63. The lowest BCUT2D eigenvalue weighted by atomic mass is 9.73. The number of hydrogen-bond acceptors (Lipinski definition) is 0. The predicted octanol–water partition coefficient (Wildman–Crippen LogP) is 5.29. The minimum Gasteiger partial charge on any atom is -0.0751 e. The quantitative estimate of drug-likeness (QED) is 0.526. The number of halogens is 2. The highest BCUT2D eigenvalue weighted by atomic mass is 127. The maximum absolute atomic E-state index is 2.39. The van der Waals surface area contributed by atoms with E-state index in [0.29, 0.717) is 5.92 Å². The van der Waals surface area contributed by atoms with Gasteiger partial charge in [-0.3, -0.25) is 0 Å². The highest BCUT2D eigenvalue weighted by Crippen LogP contribution is 2.42. The zero-order chi connectivity index (χ0) is 11.8. The van der Waals surface area contributed by atoms with Crippen molar-refractivity contribution in [1.82, 2.24) is 0 Å². The third-order valence-electron chi connectivity index (χ3n) is 2.99. The van der Waals surface area contributed by atoms with Crippen LogP contribution in [0.1, 0.15) is 25.3 Å². The van der Waals surface area contributed by atoms with Gasteiger partial charge in [-0.2, -0.15) is 0 Å². The van der Waals surface area contributed by atoms with E-state index in [0.717, 1.165) is 0 Å². The van der Waals surface area contributed by atoms with Gasteiger partial charge in [0.25, 0.3) is 0 Å². The van der Waals surface area contributed by atoms with Crippen molar-refractivity contribution in [1.29, 1.82) is 0 Å². The normalized spacial score (nSPS) is 23.0. The topological polar surface area (TPSA) is 0 Å². The molecule has 0 spiro atoms. The summed E-state index contributed by atoms with van der Waals surface area (Å²) >= 11 is 4.74. The first kappa shape index (κ1) is 12.6. The lowest BCUT2D eigenvalue weighted by Gasteiger charge is -2.32. The molecule has 84 valence electrons. The molecule has 0 fully saturated rings. The number of hydrogen-bond donors (Lipinski definition) is 0. The van der Waals surface area contributed by atoms with E-state index >= 15 is 0 Å². The van der Waals surface area contributed by atoms with E-state index < -0.39 is 0 Å². The van der Waals surface area contributed by atoms with Crippen LogP contribution in [0, 0.1) is 8.99 Å². The number of allylic oxidation sites excluding steroid dienone is 4. The fraction of sp³-hybridized carbons (Fsp3) is 0.286. The Labute approximate surface area is 124 Å². The lowest BCUT2D eigenvalue weighted by molar-refractivity contribution is 0.422. The molecule has 0 amide bonds. The molecule has 1 unspecified atom stereocenters. The molecule has 1 aliphatic rings. The van der Waals surface area contributed by atoms with Gasteiger partial charge in [0.05, 0.1) is 0 Å². The van der Waals surface area contributed by atoms with Crippen molar-refractivity contribution in [3.8, 4) is 0 Å². The molecule has 0 radical (unpaired) electrons. The van der Waals surface area contributed by atoms with E-state index in [1.54, 1.807) is 0 Å². The van der Waals surface area contributed by atoms with Gasteiger partial charge in [0, 0.05) is 13.1 Å². The Morgan fingerprint density at radius 1 is 1.06 bits per heavy atom. The Morgan fingerprint density at radius 3 is 2.25 bits per heavy atom. The largest absolute Gasteiger partial charge is 0.0751 e. The first-order valence-corrected chi connectivity index (χ1v) is 7.47. The molecule has 1 aromatic carbocycles. The van der Waals surface area contributed by atoms with Gasteiger partial charge in [0.2, 0.25) is 0 Å². The van der Waals surface area contributed by atoms with E-state index in [9.17, 15) is 0 Å². The summed E-state index contributed by atoms with van der Waals surface area (Å²) in [6, 6.07) is 8.85. The third kappa shape index (κ3) is 2.70. The Morgan fingerprint density at radius 2 is 1.69 bits per heavy atom. The molecule has 0 bridgehead atoms. The molecule has 0 heterocycles. The maximum Gasteiger partial charge on any atom is 0.0130 e. The van der Waals surface area contributed by atoms with Gasteiger partial charge in [-0.1, -0.05) is 44.2 Å². The molecule has 0 saturated carbocycles. The molecule has 1 atom stereocenters. The van der Waals surface area contributed by atoms with E-state index in [2.05, 4.69) is 102 Å². The summed E-state index contributed by atoms with van der Waals surface area (Å²) in [5, 5.41) is 0. The minimum absolute atomic E-state index is 0.206. The fourth-order valence-electron chi connectivity index (χ4n) is 2.14. The lowest BCUT2D eigenvalue weighted by Crippen LogP contribution is -2.20. The summed E-state index contributed by atoms with van der Waals surface area (Å²) in [4.78, 5) is 0. The first-order valence-electron chi connectivity index (χ1n) is 5.31. The Hall–Kier alpha value is 0.160. The average molecular weight is 436 g/mol. The zero-order valence-corrected chi connectivity index (χ0v) is 13.7. The maximum atomic E-state index is 2.39. The molecule has 0 saturated heterocycles. The number of rotatable bonds is 1. The second-order valence-corrected chi connectivity index (χ2v) is 7.23. The highest BCUT2D eigenvalue weighted by molar-refractivity contribution is 14.1. The van der Waals surface area contributed by atoms with Crippen molar-refractivity contribution >= 4 is 45.2 Å². The molecule has 2 heteroatoms. The molecule has 0 N–H and O–H groups in total. The second-order valence-electron chi connectivity index (χ2n) is 4.74. The smallest absolute Gasteiger partial charge is 0.0130 e. The van der Waals surface area contributed by atoms with Crippen LogP contribution < -0.4 is 0 Å². The molecule has 1 aromatic rings. The molecule has 0 aromatic heterocycles. The monoisotopic (exact) mass is 436 g/mol. The van der Waals surface area contributed by atoms with Crippen LogP contribution in [-0.2, 0) is 0 Å². The summed E-state index contributed by atoms with van der Waals surface area (Å²) in [7, 11) is 0. The summed E-state index contributed by atoms with van der Waals surface area (Å²) in [5.41, 5.74) is 1.61. The van der Waals surface area contributed by atoms with Crippen LogP contribution in [0.3, 0.4) is 0 Å². The van der Waals surface area contributed by atoms with Gasteiger partial charge < -0.3 is 0 Å². The van der Waals surface area contributed by atoms with E-state index in [-0.39, 0.29) is 5.41 Å². The minimum atomic E-state index is 0.206. The van der Waals surface area contributed by atoms with Crippen LogP contribution >= 0.6 is 45.2 Å². The van der Waals surface area contributed by atoms with Crippen molar-refractivity contribution < 1.29 is 0 Å². The van der Waals surface area contributed by atoms with Crippen LogP contribution in [0.2, 0.25) is 0 Å². The summed E-state index contributed by atoms with van der Waals surface area (Å²) in [6.07, 6.45) is 6.90. The Balaban J connectivity index is 2.36. The summed E-state index contributed by atoms with van der Waals surface area (Å²) in [6.45, 7) is 4.61. The van der Waals surface area contributed by atoms with Crippen molar-refractivity contribution in [3.05, 3.63) is 55.2 Å².